The summed E-state index contributed by atoms with van der Waals surface area (Å²) in [6.07, 6.45) is 5.52. The highest BCUT2D eigenvalue weighted by molar-refractivity contribution is 14.1. The predicted octanol–water partition coefficient (Wildman–Crippen LogP) is 4.46. The molecule has 0 aliphatic heterocycles. The van der Waals surface area contributed by atoms with E-state index in [0.29, 0.717) is 5.56 Å². The number of aromatic carboxylic acids is 1. The lowest BCUT2D eigenvalue weighted by atomic mass is 10.1. The minimum absolute atomic E-state index is 0.146. The number of carboxylic acids is 1. The third kappa shape index (κ3) is 4.21. The van der Waals surface area contributed by atoms with Crippen molar-refractivity contribution in [1.29, 1.82) is 0 Å². The predicted molar refractivity (Wildman–Crippen MR) is 120 cm³/mol. The van der Waals surface area contributed by atoms with E-state index in [1.807, 2.05) is 53.2 Å². The normalized spacial score (nSPS) is 11.2. The molecule has 0 spiro atoms. The Morgan fingerprint density at radius 1 is 1.10 bits per heavy atom. The molecule has 2 aromatic heterocycles. The van der Waals surface area contributed by atoms with Crippen molar-refractivity contribution in [3.8, 4) is 17.0 Å². The summed E-state index contributed by atoms with van der Waals surface area (Å²) in [5, 5.41) is 22.8. The maximum Gasteiger partial charge on any atom is 0.339 e. The number of aromatic nitrogens is 2. The van der Waals surface area contributed by atoms with Crippen LogP contribution >= 0.6 is 22.6 Å². The van der Waals surface area contributed by atoms with Crippen LogP contribution in [0.1, 0.15) is 15.9 Å². The number of nitrogens with one attached hydrogen (secondary N) is 1. The highest BCUT2D eigenvalue weighted by Gasteiger charge is 2.09. The summed E-state index contributed by atoms with van der Waals surface area (Å²) in [6.45, 7) is 0. The molecule has 0 bridgehead atoms. The van der Waals surface area contributed by atoms with Crippen molar-refractivity contribution < 1.29 is 15.0 Å². The molecule has 0 saturated heterocycles. The van der Waals surface area contributed by atoms with Crippen LogP contribution in [-0.4, -0.2) is 31.8 Å². The maximum atomic E-state index is 10.9. The van der Waals surface area contributed by atoms with Crippen molar-refractivity contribution in [3.63, 3.8) is 0 Å². The fourth-order valence-electron chi connectivity index (χ4n) is 2.81. The number of carbonyl (C=O) groups is 1. The second kappa shape index (κ2) is 7.92. The van der Waals surface area contributed by atoms with Gasteiger partial charge in [-0.3, -0.25) is 5.43 Å². The smallest absolute Gasteiger partial charge is 0.339 e. The molecule has 3 N–H and O–H groups in total. The van der Waals surface area contributed by atoms with E-state index >= 15 is 0 Å². The minimum atomic E-state index is -1.18. The van der Waals surface area contributed by atoms with Gasteiger partial charge >= 0.3 is 5.97 Å². The van der Waals surface area contributed by atoms with E-state index in [9.17, 15) is 9.90 Å². The van der Waals surface area contributed by atoms with Gasteiger partial charge < -0.3 is 14.6 Å². The molecular weight excluding hydrogens is 483 g/mol. The van der Waals surface area contributed by atoms with Gasteiger partial charge in [-0.1, -0.05) is 18.2 Å². The lowest BCUT2D eigenvalue weighted by molar-refractivity contribution is 0.0693. The molecule has 7 nitrogen and oxygen atoms in total. The van der Waals surface area contributed by atoms with E-state index in [-0.39, 0.29) is 11.3 Å². The molecule has 0 amide bonds. The van der Waals surface area contributed by atoms with Crippen molar-refractivity contribution in [3.05, 3.63) is 81.7 Å². The number of benzene rings is 2. The van der Waals surface area contributed by atoms with E-state index in [2.05, 4.69) is 38.1 Å². The van der Waals surface area contributed by atoms with Crippen LogP contribution in [0.3, 0.4) is 0 Å². The van der Waals surface area contributed by atoms with Crippen LogP contribution < -0.4 is 5.43 Å². The van der Waals surface area contributed by atoms with Gasteiger partial charge in [0, 0.05) is 21.5 Å². The number of hydrazone groups is 1. The maximum absolute atomic E-state index is 10.9. The van der Waals surface area contributed by atoms with Crippen molar-refractivity contribution in [2.24, 2.45) is 5.10 Å². The van der Waals surface area contributed by atoms with Crippen molar-refractivity contribution in [2.75, 3.05) is 5.43 Å². The van der Waals surface area contributed by atoms with Gasteiger partial charge in [0.1, 0.15) is 17.0 Å². The van der Waals surface area contributed by atoms with Crippen molar-refractivity contribution >= 4 is 46.1 Å². The Morgan fingerprint density at radius 3 is 2.62 bits per heavy atom. The molecule has 0 atom stereocenters. The number of pyridine rings is 1. The largest absolute Gasteiger partial charge is 0.507 e. The fraction of sp³-hybridized carbons (Fsp3) is 0. The number of fused-ring (bicyclic) bond motifs is 1. The van der Waals surface area contributed by atoms with E-state index in [0.717, 1.165) is 26.2 Å². The molecule has 0 radical (unpaired) electrons. The number of anilines is 1. The van der Waals surface area contributed by atoms with Crippen LogP contribution in [0.2, 0.25) is 0 Å². The standard InChI is InChI=1S/C21H15IN4O3/c22-15-4-8-20-24-18(12-26(20)11-15)14-2-5-16(6-3-14)25-23-10-13-1-7-17(21(28)29)19(27)9-13/h1-12,25,27H,(H,28,29)/b23-10+. The van der Waals surface area contributed by atoms with Gasteiger partial charge in [-0.25, -0.2) is 9.78 Å². The van der Waals surface area contributed by atoms with Crippen molar-refractivity contribution in [2.45, 2.75) is 0 Å². The molecular formula is C21H15IN4O3. The molecule has 144 valence electrons. The molecule has 0 saturated carbocycles. The highest BCUT2D eigenvalue weighted by Crippen LogP contribution is 2.22. The first-order valence-electron chi connectivity index (χ1n) is 8.60. The van der Waals surface area contributed by atoms with Crippen LogP contribution in [0.25, 0.3) is 16.9 Å². The van der Waals surface area contributed by atoms with E-state index < -0.39 is 5.97 Å². The van der Waals surface area contributed by atoms with Gasteiger partial charge in [0.15, 0.2) is 0 Å². The van der Waals surface area contributed by atoms with E-state index in [4.69, 9.17) is 5.11 Å². The Hall–Kier alpha value is -3.40. The van der Waals surface area contributed by atoms with Gasteiger partial charge in [0.2, 0.25) is 0 Å². The molecule has 0 aliphatic carbocycles. The second-order valence-corrected chi connectivity index (χ2v) is 7.51. The average Bonchev–Trinajstić information content (AvgIpc) is 3.11. The Morgan fingerprint density at radius 2 is 1.90 bits per heavy atom. The Labute approximate surface area is 179 Å². The first-order chi connectivity index (χ1) is 14.0. The topological polar surface area (TPSA) is 99.2 Å². The van der Waals surface area contributed by atoms with Gasteiger partial charge in [-0.15, -0.1) is 0 Å². The van der Waals surface area contributed by atoms with Gasteiger partial charge in [-0.05, 0) is 64.6 Å². The summed E-state index contributed by atoms with van der Waals surface area (Å²) in [5.74, 6) is -1.47. The van der Waals surface area contributed by atoms with Crippen molar-refractivity contribution in [1.82, 2.24) is 9.38 Å². The zero-order valence-electron chi connectivity index (χ0n) is 15.0. The highest BCUT2D eigenvalue weighted by atomic mass is 127. The minimum Gasteiger partial charge on any atom is -0.507 e. The first kappa shape index (κ1) is 18.9. The molecule has 29 heavy (non-hydrogen) atoms. The summed E-state index contributed by atoms with van der Waals surface area (Å²) in [7, 11) is 0. The monoisotopic (exact) mass is 498 g/mol. The lowest BCUT2D eigenvalue weighted by Crippen LogP contribution is -1.97. The number of rotatable bonds is 5. The number of nitrogens with zero attached hydrogens (tertiary/aromatic N) is 3. The Bertz CT molecular complexity index is 1230. The molecule has 2 aromatic carbocycles. The van der Waals surface area contributed by atoms with Crippen LogP contribution in [-0.2, 0) is 0 Å². The van der Waals surface area contributed by atoms with E-state index in [1.165, 1.54) is 18.3 Å². The average molecular weight is 498 g/mol. The summed E-state index contributed by atoms with van der Waals surface area (Å²) in [6, 6.07) is 16.0. The molecule has 4 rings (SSSR count). The van der Waals surface area contributed by atoms with Gasteiger partial charge in [0.25, 0.3) is 0 Å². The summed E-state index contributed by atoms with van der Waals surface area (Å²) >= 11 is 2.27. The molecule has 0 aliphatic rings. The summed E-state index contributed by atoms with van der Waals surface area (Å²) in [4.78, 5) is 15.5. The number of halogens is 1. The lowest BCUT2D eigenvalue weighted by Gasteiger charge is -2.03. The third-order valence-electron chi connectivity index (χ3n) is 4.26. The number of hydrogen-bond donors (Lipinski definition) is 3. The first-order valence-corrected chi connectivity index (χ1v) is 9.67. The zero-order chi connectivity index (χ0) is 20.4. The van der Waals surface area contributed by atoms with Gasteiger partial charge in [-0.2, -0.15) is 5.10 Å². The summed E-state index contributed by atoms with van der Waals surface area (Å²) < 4.78 is 3.14. The quantitative estimate of drug-likeness (QED) is 0.215. The molecule has 8 heteroatoms. The second-order valence-electron chi connectivity index (χ2n) is 6.27. The Balaban J connectivity index is 1.46. The van der Waals surface area contributed by atoms with Gasteiger partial charge in [0.05, 0.1) is 17.6 Å². The Kier molecular flexibility index (Phi) is 5.17. The number of phenols is 1. The number of carboxylic acid groups (broad SMARTS) is 1. The molecule has 2 heterocycles. The van der Waals surface area contributed by atoms with Crippen LogP contribution in [0.5, 0.6) is 5.75 Å². The molecule has 0 fully saturated rings. The number of imidazole rings is 1. The van der Waals surface area contributed by atoms with Crippen LogP contribution in [0.15, 0.2) is 72.1 Å². The molecule has 0 unspecified atom stereocenters. The number of hydrogen-bond acceptors (Lipinski definition) is 5. The zero-order valence-corrected chi connectivity index (χ0v) is 17.1. The van der Waals surface area contributed by atoms with E-state index in [1.54, 1.807) is 6.07 Å². The van der Waals surface area contributed by atoms with Crippen LogP contribution in [0, 0.1) is 3.57 Å². The van der Waals surface area contributed by atoms with Crippen LogP contribution in [0.4, 0.5) is 5.69 Å². The SMILES string of the molecule is O=C(O)c1ccc(/C=N/Nc2ccc(-c3cn4cc(I)ccc4n3)cc2)cc1O. The molecule has 4 aromatic rings. The third-order valence-corrected chi connectivity index (χ3v) is 4.89. The fourth-order valence-corrected chi connectivity index (χ4v) is 3.29. The summed E-state index contributed by atoms with van der Waals surface area (Å²) in [5.41, 5.74) is 6.90. The number of aromatic hydroxyl groups is 1.